The second kappa shape index (κ2) is 15.2. The number of rotatable bonds is 16. The highest BCUT2D eigenvalue weighted by Gasteiger charge is 2.21. The molecule has 0 aromatic heterocycles. The van der Waals surface area contributed by atoms with Crippen LogP contribution in [-0.2, 0) is 18.9 Å². The molecule has 0 fully saturated rings. The molecule has 7 nitrogen and oxygen atoms in total. The molecule has 188 valence electrons. The quantitative estimate of drug-likeness (QED) is 0.189. The van der Waals surface area contributed by atoms with E-state index in [1.165, 1.54) is 0 Å². The molecule has 0 spiro atoms. The van der Waals surface area contributed by atoms with Crippen molar-refractivity contribution in [2.45, 2.75) is 6.10 Å². The molecule has 0 saturated carbocycles. The Bertz CT molecular complexity index is 946. The molecule has 0 amide bonds. The molecule has 0 saturated heterocycles. The lowest BCUT2D eigenvalue weighted by molar-refractivity contribution is -0.0208. The molecule has 0 bridgehead atoms. The standard InChI is InChI=1S/C27H31ClO7/c1-29-15-17-31-19-33-24-14-13-23(25(28)27(24)34-20-32-18-16-30-2)35-26(21-9-5-3-6-10-21)22-11-7-4-8-12-22/h3-14,26H,15-20H2,1-2H3. The summed E-state index contributed by atoms with van der Waals surface area (Å²) >= 11 is 6.76. The summed E-state index contributed by atoms with van der Waals surface area (Å²) in [6.07, 6.45) is -0.371. The summed E-state index contributed by atoms with van der Waals surface area (Å²) in [5.74, 6) is 1.16. The first kappa shape index (κ1) is 26.8. The van der Waals surface area contributed by atoms with Crippen molar-refractivity contribution >= 4 is 11.6 Å². The molecule has 0 atom stereocenters. The number of halogens is 1. The summed E-state index contributed by atoms with van der Waals surface area (Å²) in [6, 6.07) is 23.4. The van der Waals surface area contributed by atoms with Crippen molar-refractivity contribution in [3.63, 3.8) is 0 Å². The fourth-order valence-electron chi connectivity index (χ4n) is 3.18. The predicted octanol–water partition coefficient (Wildman–Crippen LogP) is 5.51. The molecule has 0 aliphatic heterocycles. The number of hydrogen-bond donors (Lipinski definition) is 0. The number of benzene rings is 3. The Labute approximate surface area is 211 Å². The van der Waals surface area contributed by atoms with Gasteiger partial charge in [-0.25, -0.2) is 0 Å². The number of methoxy groups -OCH3 is 2. The highest BCUT2D eigenvalue weighted by Crippen LogP contribution is 2.43. The molecule has 3 aromatic carbocycles. The first-order chi connectivity index (χ1) is 17.2. The van der Waals surface area contributed by atoms with E-state index in [1.807, 2.05) is 60.7 Å². The van der Waals surface area contributed by atoms with Gasteiger partial charge in [0, 0.05) is 14.2 Å². The van der Waals surface area contributed by atoms with Crippen molar-refractivity contribution < 1.29 is 33.2 Å². The van der Waals surface area contributed by atoms with E-state index in [1.54, 1.807) is 26.4 Å². The lowest BCUT2D eigenvalue weighted by Gasteiger charge is -2.22. The van der Waals surface area contributed by atoms with Crippen LogP contribution in [0.4, 0.5) is 0 Å². The minimum Gasteiger partial charge on any atom is -0.479 e. The van der Waals surface area contributed by atoms with Gasteiger partial charge in [0.15, 0.2) is 25.1 Å². The van der Waals surface area contributed by atoms with Gasteiger partial charge in [-0.3, -0.25) is 0 Å². The van der Waals surface area contributed by atoms with Crippen molar-refractivity contribution in [1.82, 2.24) is 0 Å². The van der Waals surface area contributed by atoms with E-state index in [-0.39, 0.29) is 24.7 Å². The van der Waals surface area contributed by atoms with Gasteiger partial charge in [0.2, 0.25) is 0 Å². The lowest BCUT2D eigenvalue weighted by Crippen LogP contribution is -2.12. The fraction of sp³-hybridized carbons (Fsp3) is 0.333. The Morgan fingerprint density at radius 2 is 1.14 bits per heavy atom. The van der Waals surface area contributed by atoms with Crippen LogP contribution in [0, 0.1) is 0 Å². The van der Waals surface area contributed by atoms with E-state index >= 15 is 0 Å². The van der Waals surface area contributed by atoms with E-state index in [0.717, 1.165) is 11.1 Å². The van der Waals surface area contributed by atoms with Crippen LogP contribution in [0.3, 0.4) is 0 Å². The topological polar surface area (TPSA) is 64.6 Å². The number of hydrogen-bond acceptors (Lipinski definition) is 7. The minimum absolute atomic E-state index is 0.0113. The molecule has 0 N–H and O–H groups in total. The summed E-state index contributed by atoms with van der Waals surface area (Å²) < 4.78 is 38.9. The smallest absolute Gasteiger partial charge is 0.189 e. The second-order valence-corrected chi connectivity index (χ2v) is 7.73. The van der Waals surface area contributed by atoms with Crippen LogP contribution in [0.15, 0.2) is 72.8 Å². The zero-order chi connectivity index (χ0) is 24.7. The van der Waals surface area contributed by atoms with Gasteiger partial charge in [-0.05, 0) is 23.3 Å². The van der Waals surface area contributed by atoms with E-state index in [0.29, 0.717) is 43.7 Å². The summed E-state index contributed by atoms with van der Waals surface area (Å²) in [6.45, 7) is 1.68. The molecular formula is C27H31ClO7. The Morgan fingerprint density at radius 3 is 1.69 bits per heavy atom. The van der Waals surface area contributed by atoms with Gasteiger partial charge >= 0.3 is 0 Å². The largest absolute Gasteiger partial charge is 0.479 e. The van der Waals surface area contributed by atoms with Crippen LogP contribution >= 0.6 is 11.6 Å². The third kappa shape index (κ3) is 8.42. The van der Waals surface area contributed by atoms with Crippen molar-refractivity contribution in [3.05, 3.63) is 88.9 Å². The van der Waals surface area contributed by atoms with E-state index in [2.05, 4.69) is 0 Å². The van der Waals surface area contributed by atoms with Crippen LogP contribution in [0.25, 0.3) is 0 Å². The molecule has 0 aliphatic rings. The molecule has 0 unspecified atom stereocenters. The molecular weight excluding hydrogens is 472 g/mol. The van der Waals surface area contributed by atoms with Crippen LogP contribution < -0.4 is 14.2 Å². The molecule has 8 heteroatoms. The van der Waals surface area contributed by atoms with Crippen molar-refractivity contribution in [3.8, 4) is 17.2 Å². The van der Waals surface area contributed by atoms with Gasteiger partial charge in [0.25, 0.3) is 0 Å². The summed E-state index contributed by atoms with van der Waals surface area (Å²) in [5.41, 5.74) is 1.99. The molecule has 3 aromatic rings. The minimum atomic E-state index is -0.371. The van der Waals surface area contributed by atoms with Crippen LogP contribution in [0.2, 0.25) is 5.02 Å². The van der Waals surface area contributed by atoms with Crippen LogP contribution in [0.5, 0.6) is 17.2 Å². The molecule has 0 heterocycles. The highest BCUT2D eigenvalue weighted by atomic mass is 35.5. The van der Waals surface area contributed by atoms with E-state index in [9.17, 15) is 0 Å². The number of ether oxygens (including phenoxy) is 7. The van der Waals surface area contributed by atoms with Gasteiger partial charge in [-0.2, -0.15) is 0 Å². The van der Waals surface area contributed by atoms with Gasteiger partial charge in [0.05, 0.1) is 26.4 Å². The van der Waals surface area contributed by atoms with Crippen LogP contribution in [-0.4, -0.2) is 54.2 Å². The van der Waals surface area contributed by atoms with Crippen molar-refractivity contribution in [2.24, 2.45) is 0 Å². The summed E-state index contributed by atoms with van der Waals surface area (Å²) in [7, 11) is 3.21. The van der Waals surface area contributed by atoms with Gasteiger partial charge in [-0.15, -0.1) is 0 Å². The van der Waals surface area contributed by atoms with Gasteiger partial charge in [0.1, 0.15) is 16.9 Å². The lowest BCUT2D eigenvalue weighted by atomic mass is 10.0. The first-order valence-electron chi connectivity index (χ1n) is 11.2. The fourth-order valence-corrected chi connectivity index (χ4v) is 3.43. The molecule has 0 aliphatic carbocycles. The zero-order valence-corrected chi connectivity index (χ0v) is 20.7. The third-order valence-electron chi connectivity index (χ3n) is 4.92. The first-order valence-corrected chi connectivity index (χ1v) is 11.6. The Hall–Kier alpha value is -2.81. The van der Waals surface area contributed by atoms with Crippen LogP contribution in [0.1, 0.15) is 17.2 Å². The molecule has 35 heavy (non-hydrogen) atoms. The monoisotopic (exact) mass is 502 g/mol. The Kier molecular flexibility index (Phi) is 11.7. The average Bonchev–Trinajstić information content (AvgIpc) is 2.90. The molecule has 3 rings (SSSR count). The maximum absolute atomic E-state index is 6.76. The summed E-state index contributed by atoms with van der Waals surface area (Å²) in [5, 5.41) is 0.270. The Balaban J connectivity index is 1.83. The zero-order valence-electron chi connectivity index (χ0n) is 20.0. The maximum atomic E-state index is 6.76. The average molecular weight is 503 g/mol. The Morgan fingerprint density at radius 1 is 0.629 bits per heavy atom. The van der Waals surface area contributed by atoms with E-state index < -0.39 is 0 Å². The molecule has 0 radical (unpaired) electrons. The van der Waals surface area contributed by atoms with Gasteiger partial charge < -0.3 is 33.2 Å². The maximum Gasteiger partial charge on any atom is 0.189 e. The predicted molar refractivity (Wildman–Crippen MR) is 133 cm³/mol. The highest BCUT2D eigenvalue weighted by molar-refractivity contribution is 6.33. The SMILES string of the molecule is COCCOCOc1ccc(OC(c2ccccc2)c2ccccc2)c(Cl)c1OCOCCOC. The van der Waals surface area contributed by atoms with Crippen molar-refractivity contribution in [1.29, 1.82) is 0 Å². The van der Waals surface area contributed by atoms with Gasteiger partial charge in [-0.1, -0.05) is 72.3 Å². The third-order valence-corrected chi connectivity index (χ3v) is 5.28. The normalized spacial score (nSPS) is 11.0. The van der Waals surface area contributed by atoms with E-state index in [4.69, 9.17) is 44.8 Å². The van der Waals surface area contributed by atoms with Crippen molar-refractivity contribution in [2.75, 3.05) is 54.2 Å². The summed E-state index contributed by atoms with van der Waals surface area (Å²) in [4.78, 5) is 0. The second-order valence-electron chi connectivity index (χ2n) is 7.35.